The van der Waals surface area contributed by atoms with E-state index in [4.69, 9.17) is 4.74 Å². The van der Waals surface area contributed by atoms with Crippen LogP contribution in [0.5, 0.6) is 0 Å². The summed E-state index contributed by atoms with van der Waals surface area (Å²) in [5.41, 5.74) is 0.376. The highest BCUT2D eigenvalue weighted by molar-refractivity contribution is 7.98. The smallest absolute Gasteiger partial charge is 0.341 e. The number of ether oxygens (including phenoxy) is 1. The Morgan fingerprint density at radius 3 is 2.89 bits per heavy atom. The van der Waals surface area contributed by atoms with Crippen molar-refractivity contribution in [3.8, 4) is 0 Å². The number of hydrogen-bond donors (Lipinski definition) is 1. The Bertz CT molecular complexity index is 437. The van der Waals surface area contributed by atoms with E-state index in [9.17, 15) is 9.59 Å². The first-order valence-corrected chi connectivity index (χ1v) is 6.80. The Labute approximate surface area is 110 Å². The highest BCUT2D eigenvalue weighted by atomic mass is 32.2. The second-order valence-corrected chi connectivity index (χ2v) is 4.30. The van der Waals surface area contributed by atoms with Crippen LogP contribution in [-0.4, -0.2) is 35.8 Å². The molecular weight excluding hydrogens is 252 g/mol. The second-order valence-electron chi connectivity index (χ2n) is 3.50. The van der Waals surface area contributed by atoms with E-state index in [1.807, 2.05) is 6.26 Å². The molecule has 1 aromatic heterocycles. The Morgan fingerprint density at radius 2 is 2.28 bits per heavy atom. The van der Waals surface area contributed by atoms with E-state index in [1.54, 1.807) is 25.3 Å². The average Bonchev–Trinajstić information content (AvgIpc) is 2.38. The fraction of sp³-hybridized carbons (Fsp3) is 0.417. The molecule has 1 rings (SSSR count). The number of likely N-dealkylation sites (N-methyl/N-ethyl adjacent to an activating group) is 1. The largest absolute Gasteiger partial charge is 0.449 e. The molecular formula is C12H16N2O3S. The first-order chi connectivity index (χ1) is 8.60. The third-order valence-electron chi connectivity index (χ3n) is 2.19. The molecule has 6 heteroatoms. The van der Waals surface area contributed by atoms with Gasteiger partial charge in [-0.05, 0) is 32.2 Å². The van der Waals surface area contributed by atoms with Gasteiger partial charge >= 0.3 is 5.97 Å². The zero-order valence-electron chi connectivity index (χ0n) is 10.6. The van der Waals surface area contributed by atoms with Crippen molar-refractivity contribution >= 4 is 23.6 Å². The molecule has 0 unspecified atom stereocenters. The first-order valence-electron chi connectivity index (χ1n) is 5.57. The van der Waals surface area contributed by atoms with E-state index in [1.165, 1.54) is 18.7 Å². The van der Waals surface area contributed by atoms with Crippen molar-refractivity contribution in [1.29, 1.82) is 0 Å². The van der Waals surface area contributed by atoms with Crippen molar-refractivity contribution in [3.63, 3.8) is 0 Å². The van der Waals surface area contributed by atoms with Crippen molar-refractivity contribution in [1.82, 2.24) is 10.3 Å². The Balaban J connectivity index is 2.73. The molecule has 1 amide bonds. The standard InChI is InChI=1S/C12H16N2O3S/c1-4-13-10(15)8(2)17-12(16)9-6-5-7-14-11(9)18-3/h5-8H,4H2,1-3H3,(H,13,15)/t8-/m1/s1. The monoisotopic (exact) mass is 268 g/mol. The highest BCUT2D eigenvalue weighted by Crippen LogP contribution is 2.18. The Hall–Kier alpha value is -1.56. The van der Waals surface area contributed by atoms with Crippen LogP contribution in [0.25, 0.3) is 0 Å². The summed E-state index contributed by atoms with van der Waals surface area (Å²) in [5.74, 6) is -0.841. The Morgan fingerprint density at radius 1 is 1.56 bits per heavy atom. The quantitative estimate of drug-likeness (QED) is 0.647. The maximum atomic E-state index is 11.9. The molecule has 0 saturated carbocycles. The number of thioether (sulfide) groups is 1. The highest BCUT2D eigenvalue weighted by Gasteiger charge is 2.20. The molecule has 0 saturated heterocycles. The van der Waals surface area contributed by atoms with Crippen LogP contribution in [0.3, 0.4) is 0 Å². The number of esters is 1. The van der Waals surface area contributed by atoms with Crippen LogP contribution in [0, 0.1) is 0 Å². The van der Waals surface area contributed by atoms with Crippen LogP contribution in [0.2, 0.25) is 0 Å². The molecule has 0 aliphatic heterocycles. The minimum absolute atomic E-state index is 0.305. The van der Waals surface area contributed by atoms with Gasteiger partial charge in [0, 0.05) is 12.7 Å². The van der Waals surface area contributed by atoms with Crippen molar-refractivity contribution in [2.24, 2.45) is 0 Å². The first kappa shape index (κ1) is 14.5. The number of carbonyl (C=O) groups is 2. The predicted molar refractivity (Wildman–Crippen MR) is 69.6 cm³/mol. The van der Waals surface area contributed by atoms with E-state index < -0.39 is 12.1 Å². The molecule has 98 valence electrons. The maximum Gasteiger partial charge on any atom is 0.341 e. The molecule has 1 atom stereocenters. The number of aromatic nitrogens is 1. The van der Waals surface area contributed by atoms with Gasteiger partial charge in [-0.1, -0.05) is 0 Å². The van der Waals surface area contributed by atoms with Gasteiger partial charge in [0.05, 0.1) is 5.56 Å². The third-order valence-corrected chi connectivity index (χ3v) is 2.90. The van der Waals surface area contributed by atoms with Crippen LogP contribution >= 0.6 is 11.8 Å². The van der Waals surface area contributed by atoms with Gasteiger partial charge in [-0.2, -0.15) is 0 Å². The number of nitrogens with zero attached hydrogens (tertiary/aromatic N) is 1. The van der Waals surface area contributed by atoms with Crippen LogP contribution < -0.4 is 5.32 Å². The van der Waals surface area contributed by atoms with Gasteiger partial charge in [0.1, 0.15) is 5.03 Å². The minimum atomic E-state index is -0.813. The van der Waals surface area contributed by atoms with E-state index in [0.717, 1.165) is 0 Å². The molecule has 0 bridgehead atoms. The van der Waals surface area contributed by atoms with Crippen LogP contribution in [-0.2, 0) is 9.53 Å². The lowest BCUT2D eigenvalue weighted by molar-refractivity contribution is -0.128. The number of pyridine rings is 1. The van der Waals surface area contributed by atoms with Crippen molar-refractivity contribution in [2.75, 3.05) is 12.8 Å². The SMILES string of the molecule is CCNC(=O)[C@@H](C)OC(=O)c1cccnc1SC. The number of carbonyl (C=O) groups excluding carboxylic acids is 2. The molecule has 0 spiro atoms. The van der Waals surface area contributed by atoms with Gasteiger partial charge in [0.2, 0.25) is 0 Å². The molecule has 0 aromatic carbocycles. The van der Waals surface area contributed by atoms with Crippen molar-refractivity contribution < 1.29 is 14.3 Å². The van der Waals surface area contributed by atoms with Crippen LogP contribution in [0.15, 0.2) is 23.4 Å². The number of rotatable bonds is 5. The summed E-state index contributed by atoms with van der Waals surface area (Å²) < 4.78 is 5.09. The minimum Gasteiger partial charge on any atom is -0.449 e. The van der Waals surface area contributed by atoms with E-state index in [-0.39, 0.29) is 5.91 Å². The van der Waals surface area contributed by atoms with E-state index in [0.29, 0.717) is 17.1 Å². The zero-order valence-corrected chi connectivity index (χ0v) is 11.4. The summed E-state index contributed by atoms with van der Waals surface area (Å²) in [7, 11) is 0. The summed E-state index contributed by atoms with van der Waals surface area (Å²) in [6.07, 6.45) is 2.62. The Kier molecular flexibility index (Phi) is 5.64. The lowest BCUT2D eigenvalue weighted by Crippen LogP contribution is -2.35. The zero-order chi connectivity index (χ0) is 13.5. The fourth-order valence-corrected chi connectivity index (χ4v) is 1.84. The van der Waals surface area contributed by atoms with Crippen molar-refractivity contribution in [3.05, 3.63) is 23.9 Å². The number of hydrogen-bond acceptors (Lipinski definition) is 5. The predicted octanol–water partition coefficient (Wildman–Crippen LogP) is 1.48. The molecule has 1 N–H and O–H groups in total. The molecule has 18 heavy (non-hydrogen) atoms. The topological polar surface area (TPSA) is 68.3 Å². The molecule has 0 aliphatic carbocycles. The summed E-state index contributed by atoms with van der Waals surface area (Å²) in [6, 6.07) is 3.29. The average molecular weight is 268 g/mol. The molecule has 0 fully saturated rings. The maximum absolute atomic E-state index is 11.9. The molecule has 5 nitrogen and oxygen atoms in total. The van der Waals surface area contributed by atoms with Crippen molar-refractivity contribution in [2.45, 2.75) is 25.0 Å². The van der Waals surface area contributed by atoms with E-state index >= 15 is 0 Å². The third kappa shape index (κ3) is 3.73. The number of amides is 1. The summed E-state index contributed by atoms with van der Waals surface area (Å²) in [5, 5.41) is 3.18. The number of nitrogens with one attached hydrogen (secondary N) is 1. The molecule has 1 heterocycles. The molecule has 0 aliphatic rings. The normalized spacial score (nSPS) is 11.7. The summed E-state index contributed by atoms with van der Waals surface area (Å²) >= 11 is 1.36. The summed E-state index contributed by atoms with van der Waals surface area (Å²) in [6.45, 7) is 3.85. The van der Waals surface area contributed by atoms with Gasteiger partial charge in [0.25, 0.3) is 5.91 Å². The van der Waals surface area contributed by atoms with Gasteiger partial charge in [0.15, 0.2) is 6.10 Å². The van der Waals surface area contributed by atoms with Gasteiger partial charge in [-0.15, -0.1) is 11.8 Å². The van der Waals surface area contributed by atoms with Gasteiger partial charge in [-0.3, -0.25) is 4.79 Å². The van der Waals surface area contributed by atoms with Gasteiger partial charge < -0.3 is 10.1 Å². The van der Waals surface area contributed by atoms with E-state index in [2.05, 4.69) is 10.3 Å². The van der Waals surface area contributed by atoms with Crippen LogP contribution in [0.1, 0.15) is 24.2 Å². The molecule has 0 radical (unpaired) electrons. The lowest BCUT2D eigenvalue weighted by atomic mass is 10.3. The second kappa shape index (κ2) is 7.00. The fourth-order valence-electron chi connectivity index (χ4n) is 1.30. The summed E-state index contributed by atoms with van der Waals surface area (Å²) in [4.78, 5) is 27.4. The lowest BCUT2D eigenvalue weighted by Gasteiger charge is -2.13. The van der Waals surface area contributed by atoms with Gasteiger partial charge in [-0.25, -0.2) is 9.78 Å². The van der Waals surface area contributed by atoms with Crippen LogP contribution in [0.4, 0.5) is 0 Å². The molecule has 1 aromatic rings.